The molecule has 0 saturated heterocycles. The van der Waals surface area contributed by atoms with E-state index in [9.17, 15) is 14.7 Å². The molecule has 7 heteroatoms. The Bertz CT molecular complexity index is 1340. The molecule has 2 aromatic heterocycles. The summed E-state index contributed by atoms with van der Waals surface area (Å²) in [6, 6.07) is 17.9. The summed E-state index contributed by atoms with van der Waals surface area (Å²) < 4.78 is 5.22. The molecule has 3 heterocycles. The molecule has 6 nitrogen and oxygen atoms in total. The van der Waals surface area contributed by atoms with Gasteiger partial charge in [0.05, 0.1) is 23.6 Å². The molecule has 1 aliphatic heterocycles. The number of aromatic nitrogens is 1. The monoisotopic (exact) mass is 444 g/mol. The number of ether oxygens (including phenoxy) is 1. The molecule has 0 aliphatic carbocycles. The van der Waals surface area contributed by atoms with Crippen molar-refractivity contribution in [2.24, 2.45) is 0 Å². The van der Waals surface area contributed by atoms with Crippen molar-refractivity contribution in [3.8, 4) is 5.75 Å². The Morgan fingerprint density at radius 2 is 1.91 bits per heavy atom. The first-order valence-electron chi connectivity index (χ1n) is 10.1. The number of benzene rings is 2. The molecule has 2 aromatic carbocycles. The van der Waals surface area contributed by atoms with Crippen LogP contribution in [0.5, 0.6) is 5.75 Å². The normalized spacial score (nSPS) is 16.2. The van der Waals surface area contributed by atoms with Crippen molar-refractivity contribution >= 4 is 33.9 Å². The van der Waals surface area contributed by atoms with Crippen LogP contribution >= 0.6 is 11.3 Å². The Hall–Kier alpha value is -3.84. The minimum Gasteiger partial charge on any atom is -0.503 e. The number of ketones is 1. The highest BCUT2D eigenvalue weighted by atomic mass is 32.1. The lowest BCUT2D eigenvalue weighted by molar-refractivity contribution is -0.130. The van der Waals surface area contributed by atoms with Gasteiger partial charge >= 0.3 is 0 Å². The highest BCUT2D eigenvalue weighted by Gasteiger charge is 2.44. The second kappa shape index (κ2) is 8.01. The molecule has 0 radical (unpaired) electrons. The van der Waals surface area contributed by atoms with Crippen LogP contribution in [0.15, 0.2) is 83.6 Å². The minimum absolute atomic E-state index is 0.107. The van der Waals surface area contributed by atoms with Crippen molar-refractivity contribution in [1.29, 1.82) is 0 Å². The average molecular weight is 445 g/mol. The Labute approximate surface area is 188 Å². The van der Waals surface area contributed by atoms with Gasteiger partial charge < -0.3 is 19.7 Å². The SMILES string of the molecule is COc1ccc(CN2C(=O)C(O)=C(C(=O)c3cccs3)C2c2c[nH]c3ccccc23)cc1. The number of hydrogen-bond donors (Lipinski definition) is 2. The van der Waals surface area contributed by atoms with Crippen LogP contribution < -0.4 is 4.74 Å². The number of thiophene rings is 1. The zero-order chi connectivity index (χ0) is 22.2. The fourth-order valence-corrected chi connectivity index (χ4v) is 4.84. The summed E-state index contributed by atoms with van der Waals surface area (Å²) >= 11 is 1.29. The average Bonchev–Trinajstić information content (AvgIpc) is 3.55. The Morgan fingerprint density at radius 3 is 2.62 bits per heavy atom. The number of carbonyl (C=O) groups is 2. The number of aliphatic hydroxyl groups excluding tert-OH is 1. The number of fused-ring (bicyclic) bond motifs is 1. The van der Waals surface area contributed by atoms with Crippen molar-refractivity contribution in [3.05, 3.63) is 99.6 Å². The Kier molecular flexibility index (Phi) is 5.03. The zero-order valence-electron chi connectivity index (χ0n) is 17.2. The summed E-state index contributed by atoms with van der Waals surface area (Å²) in [6.07, 6.45) is 1.81. The molecule has 0 fully saturated rings. The molecule has 2 N–H and O–H groups in total. The van der Waals surface area contributed by atoms with Crippen LogP contribution in [-0.2, 0) is 11.3 Å². The molecular weight excluding hydrogens is 424 g/mol. The molecule has 1 amide bonds. The maximum Gasteiger partial charge on any atom is 0.290 e. The third-order valence-electron chi connectivity index (χ3n) is 5.72. The van der Waals surface area contributed by atoms with E-state index < -0.39 is 17.7 Å². The quantitative estimate of drug-likeness (QED) is 0.409. The maximum atomic E-state index is 13.4. The van der Waals surface area contributed by atoms with Gasteiger partial charge in [0.2, 0.25) is 5.78 Å². The van der Waals surface area contributed by atoms with Gasteiger partial charge in [-0.1, -0.05) is 36.4 Å². The van der Waals surface area contributed by atoms with E-state index in [0.29, 0.717) is 10.6 Å². The number of nitrogens with one attached hydrogen (secondary N) is 1. The molecule has 0 saturated carbocycles. The van der Waals surface area contributed by atoms with Gasteiger partial charge in [-0.3, -0.25) is 9.59 Å². The number of hydrogen-bond acceptors (Lipinski definition) is 5. The number of aromatic amines is 1. The smallest absolute Gasteiger partial charge is 0.290 e. The summed E-state index contributed by atoms with van der Waals surface area (Å²) in [4.78, 5) is 31.8. The van der Waals surface area contributed by atoms with Gasteiger partial charge in [-0.15, -0.1) is 11.3 Å². The van der Waals surface area contributed by atoms with Crippen molar-refractivity contribution in [2.45, 2.75) is 12.6 Å². The number of Topliss-reactive ketones (excluding diaryl/α,β-unsaturated/α-hetero) is 1. The molecule has 0 bridgehead atoms. The van der Waals surface area contributed by atoms with Crippen molar-refractivity contribution in [2.75, 3.05) is 7.11 Å². The van der Waals surface area contributed by atoms with E-state index in [1.54, 1.807) is 29.5 Å². The summed E-state index contributed by atoms with van der Waals surface area (Å²) in [6.45, 7) is 0.234. The van der Waals surface area contributed by atoms with Crippen LogP contribution in [0.4, 0.5) is 0 Å². The molecule has 1 unspecified atom stereocenters. The first-order chi connectivity index (χ1) is 15.6. The van der Waals surface area contributed by atoms with Gasteiger partial charge in [-0.05, 0) is 35.2 Å². The lowest BCUT2D eigenvalue weighted by atomic mass is 9.95. The molecule has 32 heavy (non-hydrogen) atoms. The van der Waals surface area contributed by atoms with Crippen LogP contribution in [0.1, 0.15) is 26.8 Å². The van der Waals surface area contributed by atoms with Crippen molar-refractivity contribution in [3.63, 3.8) is 0 Å². The van der Waals surface area contributed by atoms with Crippen LogP contribution in [0.3, 0.4) is 0 Å². The first-order valence-corrected chi connectivity index (χ1v) is 11.0. The van der Waals surface area contributed by atoms with Crippen molar-refractivity contribution < 1.29 is 19.4 Å². The summed E-state index contributed by atoms with van der Waals surface area (Å²) in [5.41, 5.74) is 2.64. The van der Waals surface area contributed by atoms with E-state index in [-0.39, 0.29) is 17.9 Å². The van der Waals surface area contributed by atoms with Gasteiger partial charge in [0, 0.05) is 29.2 Å². The van der Waals surface area contributed by atoms with Crippen molar-refractivity contribution in [1.82, 2.24) is 9.88 Å². The predicted molar refractivity (Wildman–Crippen MR) is 123 cm³/mol. The third-order valence-corrected chi connectivity index (χ3v) is 6.59. The van der Waals surface area contributed by atoms with Gasteiger partial charge in [0.15, 0.2) is 5.76 Å². The van der Waals surface area contributed by atoms with E-state index in [0.717, 1.165) is 22.0 Å². The number of rotatable bonds is 6. The molecule has 1 atom stereocenters. The second-order valence-corrected chi connectivity index (χ2v) is 8.49. The van der Waals surface area contributed by atoms with E-state index in [1.165, 1.54) is 11.3 Å². The highest BCUT2D eigenvalue weighted by Crippen LogP contribution is 2.42. The number of aliphatic hydroxyl groups is 1. The van der Waals surface area contributed by atoms with E-state index in [2.05, 4.69) is 4.98 Å². The van der Waals surface area contributed by atoms with Gasteiger partial charge in [0.1, 0.15) is 5.75 Å². The third kappa shape index (κ3) is 3.27. The molecule has 160 valence electrons. The second-order valence-electron chi connectivity index (χ2n) is 7.54. The van der Waals surface area contributed by atoms with Gasteiger partial charge in [-0.25, -0.2) is 0 Å². The molecule has 0 spiro atoms. The van der Waals surface area contributed by atoms with E-state index in [4.69, 9.17) is 4.74 Å². The minimum atomic E-state index is -0.713. The molecule has 5 rings (SSSR count). The zero-order valence-corrected chi connectivity index (χ0v) is 18.1. The van der Waals surface area contributed by atoms with Gasteiger partial charge in [0.25, 0.3) is 5.91 Å². The number of amides is 1. The molecule has 4 aromatic rings. The summed E-state index contributed by atoms with van der Waals surface area (Å²) in [5.74, 6) is -0.675. The van der Waals surface area contributed by atoms with Crippen LogP contribution in [0.2, 0.25) is 0 Å². The Balaban J connectivity index is 1.62. The molecule has 1 aliphatic rings. The van der Waals surface area contributed by atoms with E-state index >= 15 is 0 Å². The maximum absolute atomic E-state index is 13.4. The number of H-pyrrole nitrogens is 1. The number of methoxy groups -OCH3 is 1. The predicted octanol–water partition coefficient (Wildman–Crippen LogP) is 5.02. The summed E-state index contributed by atoms with van der Waals surface area (Å²) in [7, 11) is 1.59. The van der Waals surface area contributed by atoms with Gasteiger partial charge in [-0.2, -0.15) is 0 Å². The Morgan fingerprint density at radius 1 is 1.12 bits per heavy atom. The van der Waals surface area contributed by atoms with Crippen LogP contribution in [-0.4, -0.2) is 33.8 Å². The van der Waals surface area contributed by atoms with Crippen LogP contribution in [0, 0.1) is 0 Å². The topological polar surface area (TPSA) is 82.6 Å². The fraction of sp³-hybridized carbons (Fsp3) is 0.120. The fourth-order valence-electron chi connectivity index (χ4n) is 4.16. The number of carbonyl (C=O) groups excluding carboxylic acids is 2. The highest BCUT2D eigenvalue weighted by molar-refractivity contribution is 7.12. The summed E-state index contributed by atoms with van der Waals surface area (Å²) in [5, 5.41) is 13.5. The number of para-hydroxylation sites is 1. The number of nitrogens with zero attached hydrogens (tertiary/aromatic N) is 1. The standard InChI is InChI=1S/C25H20N2O4S/c1-31-16-10-8-15(9-11-16)14-27-22(18-13-26-19-6-3-2-5-17(18)19)21(24(29)25(27)30)23(28)20-7-4-12-32-20/h2-13,22,26,29H,14H2,1H3. The lowest BCUT2D eigenvalue weighted by Crippen LogP contribution is -2.30. The molecular formula is C25H20N2O4S. The van der Waals surface area contributed by atoms with Crippen LogP contribution in [0.25, 0.3) is 10.9 Å². The largest absolute Gasteiger partial charge is 0.503 e. The lowest BCUT2D eigenvalue weighted by Gasteiger charge is -2.26. The van der Waals surface area contributed by atoms with E-state index in [1.807, 2.05) is 54.7 Å². The first kappa shape index (κ1) is 20.1.